The number of carbonyl (C=O) groups is 2. The molecule has 0 heterocycles. The van der Waals surface area contributed by atoms with Gasteiger partial charge in [0, 0.05) is 11.8 Å². The molecule has 3 heteroatoms. The molecule has 0 aliphatic heterocycles. The molecule has 2 rings (SSSR count). The van der Waals surface area contributed by atoms with Crippen molar-refractivity contribution in [2.75, 3.05) is 0 Å². The van der Waals surface area contributed by atoms with Gasteiger partial charge < -0.3 is 5.11 Å². The van der Waals surface area contributed by atoms with Gasteiger partial charge in [-0.3, -0.25) is 4.79 Å². The van der Waals surface area contributed by atoms with E-state index in [2.05, 4.69) is 6.07 Å². The standard InChI is InChI=1S/C14H16O3/c1-14(9-12(15)13(16)17)8-4-6-10-5-2-3-7-11(10)14/h2-3,5,7H,4,6,8-9H2,1H3,(H,16,17)/t14-/m0/s1. The Morgan fingerprint density at radius 3 is 2.76 bits per heavy atom. The van der Waals surface area contributed by atoms with E-state index < -0.39 is 11.8 Å². The first kappa shape index (κ1) is 11.8. The highest BCUT2D eigenvalue weighted by Gasteiger charge is 2.35. The van der Waals surface area contributed by atoms with Crippen molar-refractivity contribution < 1.29 is 14.7 Å². The summed E-state index contributed by atoms with van der Waals surface area (Å²) in [6.07, 6.45) is 3.01. The van der Waals surface area contributed by atoms with Gasteiger partial charge in [-0.05, 0) is 30.4 Å². The molecule has 17 heavy (non-hydrogen) atoms. The Kier molecular flexibility index (Phi) is 3.01. The van der Waals surface area contributed by atoms with Crippen LogP contribution in [-0.4, -0.2) is 16.9 Å². The van der Waals surface area contributed by atoms with Crippen LogP contribution in [0.15, 0.2) is 24.3 Å². The summed E-state index contributed by atoms with van der Waals surface area (Å²) in [5.41, 5.74) is 2.07. The Morgan fingerprint density at radius 1 is 1.35 bits per heavy atom. The molecule has 1 aromatic rings. The number of benzene rings is 1. The second-order valence-electron chi connectivity index (χ2n) is 4.98. The van der Waals surface area contributed by atoms with Gasteiger partial charge >= 0.3 is 5.97 Å². The zero-order chi connectivity index (χ0) is 12.5. The van der Waals surface area contributed by atoms with Gasteiger partial charge in [0.2, 0.25) is 5.78 Å². The Hall–Kier alpha value is -1.64. The highest BCUT2D eigenvalue weighted by Crippen LogP contribution is 2.39. The molecule has 0 spiro atoms. The average Bonchev–Trinajstić information content (AvgIpc) is 2.29. The largest absolute Gasteiger partial charge is 0.476 e. The van der Waals surface area contributed by atoms with Crippen LogP contribution in [-0.2, 0) is 21.4 Å². The molecule has 0 aromatic heterocycles. The molecule has 1 aromatic carbocycles. The van der Waals surface area contributed by atoms with E-state index in [-0.39, 0.29) is 11.8 Å². The third-order valence-corrected chi connectivity index (χ3v) is 3.63. The lowest BCUT2D eigenvalue weighted by Crippen LogP contribution is -2.32. The van der Waals surface area contributed by atoms with Crippen molar-refractivity contribution in [1.29, 1.82) is 0 Å². The summed E-state index contributed by atoms with van der Waals surface area (Å²) in [5.74, 6) is -2.02. The van der Waals surface area contributed by atoms with Crippen molar-refractivity contribution in [1.82, 2.24) is 0 Å². The molecule has 1 aliphatic carbocycles. The number of fused-ring (bicyclic) bond motifs is 1. The monoisotopic (exact) mass is 232 g/mol. The Labute approximate surface area is 100 Å². The number of ketones is 1. The van der Waals surface area contributed by atoms with E-state index >= 15 is 0 Å². The Balaban J connectivity index is 2.33. The summed E-state index contributed by atoms with van der Waals surface area (Å²) in [6.45, 7) is 1.99. The maximum atomic E-state index is 11.4. The van der Waals surface area contributed by atoms with Crippen LogP contribution in [0.1, 0.15) is 37.3 Å². The molecule has 1 N–H and O–H groups in total. The van der Waals surface area contributed by atoms with Gasteiger partial charge in [0.1, 0.15) is 0 Å². The van der Waals surface area contributed by atoms with Gasteiger partial charge in [0.25, 0.3) is 0 Å². The van der Waals surface area contributed by atoms with Gasteiger partial charge in [0.15, 0.2) is 0 Å². The molecular formula is C14H16O3. The number of aryl methyl sites for hydroxylation is 1. The van der Waals surface area contributed by atoms with Crippen LogP contribution >= 0.6 is 0 Å². The smallest absolute Gasteiger partial charge is 0.372 e. The number of carboxylic acid groups (broad SMARTS) is 1. The highest BCUT2D eigenvalue weighted by molar-refractivity contribution is 6.32. The van der Waals surface area contributed by atoms with Gasteiger partial charge in [-0.15, -0.1) is 0 Å². The normalized spacial score (nSPS) is 22.9. The Bertz CT molecular complexity index is 464. The van der Waals surface area contributed by atoms with Crippen LogP contribution in [0.5, 0.6) is 0 Å². The number of aliphatic carboxylic acids is 1. The second-order valence-corrected chi connectivity index (χ2v) is 4.98. The lowest BCUT2D eigenvalue weighted by Gasteiger charge is -2.35. The third kappa shape index (κ3) is 2.23. The molecular weight excluding hydrogens is 216 g/mol. The van der Waals surface area contributed by atoms with Crippen LogP contribution in [0.3, 0.4) is 0 Å². The van der Waals surface area contributed by atoms with Gasteiger partial charge in [-0.2, -0.15) is 0 Å². The van der Waals surface area contributed by atoms with Crippen LogP contribution < -0.4 is 0 Å². The SMILES string of the molecule is C[C@@]1(CC(=O)C(=O)O)CCCc2ccccc21. The van der Waals surface area contributed by atoms with Crippen molar-refractivity contribution in [2.45, 2.75) is 38.0 Å². The molecule has 0 saturated heterocycles. The summed E-state index contributed by atoms with van der Waals surface area (Å²) in [7, 11) is 0. The first-order chi connectivity index (χ1) is 8.03. The minimum absolute atomic E-state index is 0.0966. The zero-order valence-electron chi connectivity index (χ0n) is 9.90. The second kappa shape index (κ2) is 4.32. The Morgan fingerprint density at radius 2 is 2.06 bits per heavy atom. The molecule has 0 amide bonds. The maximum absolute atomic E-state index is 11.4. The molecule has 0 saturated carbocycles. The summed E-state index contributed by atoms with van der Waals surface area (Å²) >= 11 is 0. The van der Waals surface area contributed by atoms with E-state index in [1.165, 1.54) is 5.56 Å². The van der Waals surface area contributed by atoms with Crippen LogP contribution in [0.4, 0.5) is 0 Å². The summed E-state index contributed by atoms with van der Waals surface area (Å²) in [4.78, 5) is 22.1. The van der Waals surface area contributed by atoms with E-state index in [9.17, 15) is 9.59 Å². The summed E-state index contributed by atoms with van der Waals surface area (Å²) in [6, 6.07) is 8.03. The van der Waals surface area contributed by atoms with Crippen molar-refractivity contribution in [3.63, 3.8) is 0 Å². The van der Waals surface area contributed by atoms with Crippen molar-refractivity contribution in [2.24, 2.45) is 0 Å². The van der Waals surface area contributed by atoms with Gasteiger partial charge in [-0.1, -0.05) is 31.2 Å². The van der Waals surface area contributed by atoms with E-state index in [0.29, 0.717) is 0 Å². The predicted molar refractivity (Wildman–Crippen MR) is 64.0 cm³/mol. The number of hydrogen-bond donors (Lipinski definition) is 1. The van der Waals surface area contributed by atoms with Gasteiger partial charge in [0.05, 0.1) is 0 Å². The lowest BCUT2D eigenvalue weighted by molar-refractivity contribution is -0.149. The van der Waals surface area contributed by atoms with Gasteiger partial charge in [-0.25, -0.2) is 4.79 Å². The van der Waals surface area contributed by atoms with Crippen molar-refractivity contribution in [3.05, 3.63) is 35.4 Å². The van der Waals surface area contributed by atoms with Crippen LogP contribution in [0.25, 0.3) is 0 Å². The number of rotatable bonds is 3. The molecule has 0 bridgehead atoms. The highest BCUT2D eigenvalue weighted by atomic mass is 16.4. The minimum atomic E-state index is -1.32. The molecule has 90 valence electrons. The zero-order valence-corrected chi connectivity index (χ0v) is 9.90. The molecule has 3 nitrogen and oxygen atoms in total. The summed E-state index contributed by atoms with van der Waals surface area (Å²) in [5, 5.41) is 8.73. The average molecular weight is 232 g/mol. The van der Waals surface area contributed by atoms with Crippen LogP contribution in [0.2, 0.25) is 0 Å². The third-order valence-electron chi connectivity index (χ3n) is 3.63. The molecule has 0 unspecified atom stereocenters. The maximum Gasteiger partial charge on any atom is 0.372 e. The fraction of sp³-hybridized carbons (Fsp3) is 0.429. The molecule has 1 aliphatic rings. The number of carbonyl (C=O) groups excluding carboxylic acids is 1. The number of Topliss-reactive ketones (excluding diaryl/α,β-unsaturated/α-hetero) is 1. The van der Waals surface area contributed by atoms with E-state index in [0.717, 1.165) is 24.8 Å². The number of carboxylic acids is 1. The van der Waals surface area contributed by atoms with Crippen molar-refractivity contribution >= 4 is 11.8 Å². The molecule has 1 atom stereocenters. The van der Waals surface area contributed by atoms with E-state index in [4.69, 9.17) is 5.11 Å². The van der Waals surface area contributed by atoms with E-state index in [1.807, 2.05) is 25.1 Å². The van der Waals surface area contributed by atoms with E-state index in [1.54, 1.807) is 0 Å². The molecule has 0 fully saturated rings. The van der Waals surface area contributed by atoms with Crippen molar-refractivity contribution in [3.8, 4) is 0 Å². The topological polar surface area (TPSA) is 54.4 Å². The fourth-order valence-corrected chi connectivity index (χ4v) is 2.74. The predicted octanol–water partition coefficient (Wildman–Crippen LogP) is 2.32. The lowest BCUT2D eigenvalue weighted by atomic mass is 9.69. The number of hydrogen-bond acceptors (Lipinski definition) is 2. The summed E-state index contributed by atoms with van der Waals surface area (Å²) < 4.78 is 0. The van der Waals surface area contributed by atoms with Crippen LogP contribution in [0, 0.1) is 0 Å². The fourth-order valence-electron chi connectivity index (χ4n) is 2.74. The minimum Gasteiger partial charge on any atom is -0.476 e. The first-order valence-electron chi connectivity index (χ1n) is 5.87. The molecule has 0 radical (unpaired) electrons. The quantitative estimate of drug-likeness (QED) is 0.814. The first-order valence-corrected chi connectivity index (χ1v) is 5.87.